The summed E-state index contributed by atoms with van der Waals surface area (Å²) in [6.45, 7) is 3.38. The number of nitrogens with zero attached hydrogens (tertiary/aromatic N) is 3. The molecular weight excluding hydrogens is 232 g/mol. The Balaban J connectivity index is 2.84. The molecule has 0 saturated carbocycles. The van der Waals surface area contributed by atoms with Gasteiger partial charge in [-0.2, -0.15) is 0 Å². The predicted molar refractivity (Wildman–Crippen MR) is 69.1 cm³/mol. The zero-order valence-corrected chi connectivity index (χ0v) is 10.7. The predicted octanol–water partition coefficient (Wildman–Crippen LogP) is 1.59. The standard InChI is InChI=1S/C12H18N4O2/c1-3-7-15(12(13-2)10-16(17)18)9-11-5-4-6-14-8-11/h4-6,8,10,13H,3,7,9H2,1-2H3/b12-10+. The summed E-state index contributed by atoms with van der Waals surface area (Å²) in [7, 11) is 1.68. The summed E-state index contributed by atoms with van der Waals surface area (Å²) in [5.41, 5.74) is 1.02. The monoisotopic (exact) mass is 250 g/mol. The number of rotatable bonds is 7. The summed E-state index contributed by atoms with van der Waals surface area (Å²) in [4.78, 5) is 16.1. The van der Waals surface area contributed by atoms with Crippen LogP contribution in [0.5, 0.6) is 0 Å². The maximum atomic E-state index is 10.6. The first kappa shape index (κ1) is 14.0. The largest absolute Gasteiger partial charge is 0.370 e. The van der Waals surface area contributed by atoms with E-state index in [4.69, 9.17) is 0 Å². The lowest BCUT2D eigenvalue weighted by Crippen LogP contribution is -2.31. The lowest BCUT2D eigenvalue weighted by molar-refractivity contribution is -0.404. The third-order valence-electron chi connectivity index (χ3n) is 2.41. The van der Waals surface area contributed by atoms with Crippen molar-refractivity contribution in [2.75, 3.05) is 13.6 Å². The summed E-state index contributed by atoms with van der Waals surface area (Å²) >= 11 is 0. The molecule has 0 radical (unpaired) electrons. The number of aromatic nitrogens is 1. The van der Waals surface area contributed by atoms with E-state index >= 15 is 0 Å². The molecule has 0 bridgehead atoms. The normalized spacial score (nSPS) is 11.1. The maximum Gasteiger partial charge on any atom is 0.274 e. The fourth-order valence-corrected chi connectivity index (χ4v) is 1.67. The maximum absolute atomic E-state index is 10.6. The van der Waals surface area contributed by atoms with E-state index in [1.165, 1.54) is 0 Å². The first-order valence-electron chi connectivity index (χ1n) is 5.84. The molecule has 98 valence electrons. The molecule has 0 saturated heterocycles. The lowest BCUT2D eigenvalue weighted by Gasteiger charge is -2.24. The van der Waals surface area contributed by atoms with Gasteiger partial charge in [0, 0.05) is 32.5 Å². The van der Waals surface area contributed by atoms with Crippen LogP contribution in [0.15, 0.2) is 36.5 Å². The molecule has 1 N–H and O–H groups in total. The van der Waals surface area contributed by atoms with Crippen LogP contribution in [0.1, 0.15) is 18.9 Å². The molecule has 6 heteroatoms. The first-order valence-corrected chi connectivity index (χ1v) is 5.84. The van der Waals surface area contributed by atoms with E-state index in [9.17, 15) is 10.1 Å². The van der Waals surface area contributed by atoms with Crippen LogP contribution in [0.2, 0.25) is 0 Å². The molecule has 6 nitrogen and oxygen atoms in total. The van der Waals surface area contributed by atoms with E-state index in [1.54, 1.807) is 19.4 Å². The van der Waals surface area contributed by atoms with Crippen molar-refractivity contribution in [3.05, 3.63) is 52.2 Å². The second kappa shape index (κ2) is 7.26. The molecule has 1 aromatic rings. The van der Waals surface area contributed by atoms with Crippen molar-refractivity contribution < 1.29 is 4.92 Å². The van der Waals surface area contributed by atoms with Gasteiger partial charge in [0.2, 0.25) is 0 Å². The van der Waals surface area contributed by atoms with Crippen molar-refractivity contribution in [2.24, 2.45) is 0 Å². The van der Waals surface area contributed by atoms with E-state index in [0.29, 0.717) is 12.4 Å². The van der Waals surface area contributed by atoms with Crippen molar-refractivity contribution >= 4 is 0 Å². The van der Waals surface area contributed by atoms with Crippen LogP contribution in [-0.4, -0.2) is 28.4 Å². The van der Waals surface area contributed by atoms with Crippen LogP contribution in [0, 0.1) is 10.1 Å². The molecule has 0 spiro atoms. The summed E-state index contributed by atoms with van der Waals surface area (Å²) in [6.07, 6.45) is 5.38. The molecule has 1 rings (SSSR count). The van der Waals surface area contributed by atoms with Crippen molar-refractivity contribution in [1.29, 1.82) is 0 Å². The van der Waals surface area contributed by atoms with Crippen LogP contribution in [-0.2, 0) is 6.54 Å². The van der Waals surface area contributed by atoms with E-state index in [0.717, 1.165) is 24.7 Å². The minimum atomic E-state index is -0.447. The molecule has 0 fully saturated rings. The topological polar surface area (TPSA) is 71.3 Å². The molecule has 0 aliphatic rings. The zero-order chi connectivity index (χ0) is 13.4. The smallest absolute Gasteiger partial charge is 0.274 e. The molecule has 0 aliphatic carbocycles. The summed E-state index contributed by atoms with van der Waals surface area (Å²) < 4.78 is 0. The Morgan fingerprint density at radius 3 is 2.94 bits per heavy atom. The summed E-state index contributed by atoms with van der Waals surface area (Å²) in [5, 5.41) is 13.4. The Kier molecular flexibility index (Phi) is 5.63. The molecule has 1 heterocycles. The van der Waals surface area contributed by atoms with Gasteiger partial charge in [-0.05, 0) is 18.1 Å². The third kappa shape index (κ3) is 4.40. The van der Waals surface area contributed by atoms with E-state index in [2.05, 4.69) is 10.3 Å². The van der Waals surface area contributed by atoms with Crippen molar-refractivity contribution in [2.45, 2.75) is 19.9 Å². The third-order valence-corrected chi connectivity index (χ3v) is 2.41. The van der Waals surface area contributed by atoms with Crippen molar-refractivity contribution in [1.82, 2.24) is 15.2 Å². The van der Waals surface area contributed by atoms with Gasteiger partial charge in [-0.25, -0.2) is 0 Å². The molecule has 18 heavy (non-hydrogen) atoms. The first-order chi connectivity index (χ1) is 8.67. The summed E-state index contributed by atoms with van der Waals surface area (Å²) in [5.74, 6) is 0.505. The van der Waals surface area contributed by atoms with Crippen LogP contribution in [0.3, 0.4) is 0 Å². The van der Waals surface area contributed by atoms with Gasteiger partial charge >= 0.3 is 0 Å². The second-order valence-electron chi connectivity index (χ2n) is 3.83. The van der Waals surface area contributed by atoms with Crippen molar-refractivity contribution in [3.8, 4) is 0 Å². The SMILES string of the molecule is CCCN(Cc1cccnc1)/C(=C/[N+](=O)[O-])NC. The zero-order valence-electron chi connectivity index (χ0n) is 10.7. The van der Waals surface area contributed by atoms with Crippen LogP contribution >= 0.6 is 0 Å². The molecule has 0 aliphatic heterocycles. The van der Waals surface area contributed by atoms with Gasteiger partial charge in [0.05, 0.1) is 4.92 Å². The van der Waals surface area contributed by atoms with Gasteiger partial charge < -0.3 is 10.2 Å². The van der Waals surface area contributed by atoms with Gasteiger partial charge in [-0.1, -0.05) is 13.0 Å². The molecule has 0 unspecified atom stereocenters. The van der Waals surface area contributed by atoms with Crippen LogP contribution in [0.25, 0.3) is 0 Å². The van der Waals surface area contributed by atoms with Gasteiger partial charge in [-0.15, -0.1) is 0 Å². The van der Waals surface area contributed by atoms with Crippen LogP contribution < -0.4 is 5.32 Å². The minimum Gasteiger partial charge on any atom is -0.370 e. The fourth-order valence-electron chi connectivity index (χ4n) is 1.67. The Bertz CT molecular complexity index is 406. The Morgan fingerprint density at radius 1 is 1.67 bits per heavy atom. The molecule has 0 aromatic carbocycles. The van der Waals surface area contributed by atoms with Gasteiger partial charge in [-0.3, -0.25) is 15.1 Å². The average Bonchev–Trinajstić information content (AvgIpc) is 2.36. The highest BCUT2D eigenvalue weighted by Crippen LogP contribution is 2.09. The van der Waals surface area contributed by atoms with Gasteiger partial charge in [0.1, 0.15) is 0 Å². The molecular formula is C12H18N4O2. The number of pyridine rings is 1. The minimum absolute atomic E-state index is 0.447. The lowest BCUT2D eigenvalue weighted by atomic mass is 10.2. The molecule has 1 aromatic heterocycles. The Hall–Kier alpha value is -2.11. The second-order valence-corrected chi connectivity index (χ2v) is 3.83. The van der Waals surface area contributed by atoms with E-state index in [1.807, 2.05) is 24.0 Å². The number of hydrogen-bond acceptors (Lipinski definition) is 5. The Labute approximate surface area is 106 Å². The van der Waals surface area contributed by atoms with Crippen LogP contribution in [0.4, 0.5) is 0 Å². The highest BCUT2D eigenvalue weighted by molar-refractivity contribution is 5.10. The summed E-state index contributed by atoms with van der Waals surface area (Å²) in [6, 6.07) is 3.81. The number of nitro groups is 1. The molecule has 0 atom stereocenters. The van der Waals surface area contributed by atoms with Gasteiger partial charge in [0.15, 0.2) is 5.82 Å². The van der Waals surface area contributed by atoms with E-state index < -0.39 is 4.92 Å². The number of nitrogens with one attached hydrogen (secondary N) is 1. The average molecular weight is 250 g/mol. The highest BCUT2D eigenvalue weighted by atomic mass is 16.6. The fraction of sp³-hybridized carbons (Fsp3) is 0.417. The van der Waals surface area contributed by atoms with E-state index in [-0.39, 0.29) is 0 Å². The Morgan fingerprint density at radius 2 is 2.44 bits per heavy atom. The molecule has 0 amide bonds. The quantitative estimate of drug-likeness (QED) is 0.587. The number of hydrogen-bond donors (Lipinski definition) is 1. The highest BCUT2D eigenvalue weighted by Gasteiger charge is 2.11. The van der Waals surface area contributed by atoms with Gasteiger partial charge in [0.25, 0.3) is 6.20 Å². The van der Waals surface area contributed by atoms with Crippen molar-refractivity contribution in [3.63, 3.8) is 0 Å².